The van der Waals surface area contributed by atoms with Gasteiger partial charge in [0.15, 0.2) is 0 Å². The summed E-state index contributed by atoms with van der Waals surface area (Å²) in [4.78, 5) is 12.0. The Balaban J connectivity index is 1.63. The molecule has 21 heavy (non-hydrogen) atoms. The number of thioether (sulfide) groups is 1. The molecule has 1 aliphatic rings. The average molecular weight is 326 g/mol. The molecule has 4 heteroatoms. The van der Waals surface area contributed by atoms with Crippen molar-refractivity contribution in [2.24, 2.45) is 5.92 Å². The Labute approximate surface area is 137 Å². The largest absolute Gasteiger partial charge is 0.353 e. The first-order chi connectivity index (χ1) is 10.1. The molecule has 1 N–H and O–H groups in total. The summed E-state index contributed by atoms with van der Waals surface area (Å²) >= 11 is 7.74. The van der Waals surface area contributed by atoms with Crippen LogP contribution in [0.25, 0.3) is 0 Å². The van der Waals surface area contributed by atoms with Crippen molar-refractivity contribution in [3.8, 4) is 0 Å². The Bertz CT molecular complexity index is 466. The first-order valence-corrected chi connectivity index (χ1v) is 9.30. The molecule has 0 aromatic heterocycles. The number of benzene rings is 1. The number of carbonyl (C=O) groups excluding carboxylic acids is 1. The van der Waals surface area contributed by atoms with Crippen LogP contribution in [-0.4, -0.2) is 17.7 Å². The summed E-state index contributed by atoms with van der Waals surface area (Å²) in [6, 6.07) is 8.30. The van der Waals surface area contributed by atoms with Crippen molar-refractivity contribution in [3.63, 3.8) is 0 Å². The smallest absolute Gasteiger partial charge is 0.221 e. The van der Waals surface area contributed by atoms with Gasteiger partial charge < -0.3 is 5.32 Å². The average Bonchev–Trinajstić information content (AvgIpc) is 2.46. The fraction of sp³-hybridized carbons (Fsp3) is 0.588. The summed E-state index contributed by atoms with van der Waals surface area (Å²) in [5.41, 5.74) is 1.22. The van der Waals surface area contributed by atoms with Gasteiger partial charge in [-0.25, -0.2) is 0 Å². The molecule has 0 radical (unpaired) electrons. The first kappa shape index (κ1) is 16.7. The van der Waals surface area contributed by atoms with Gasteiger partial charge in [-0.2, -0.15) is 11.8 Å². The lowest BCUT2D eigenvalue weighted by Gasteiger charge is -2.29. The highest BCUT2D eigenvalue weighted by Gasteiger charge is 2.22. The molecule has 2 nitrogen and oxygen atoms in total. The van der Waals surface area contributed by atoms with Gasteiger partial charge in [0, 0.05) is 29.0 Å². The van der Waals surface area contributed by atoms with E-state index < -0.39 is 0 Å². The van der Waals surface area contributed by atoms with Crippen LogP contribution in [0, 0.1) is 5.92 Å². The number of nitrogens with one attached hydrogen (secondary N) is 1. The molecule has 0 bridgehead atoms. The molecule has 1 fully saturated rings. The summed E-state index contributed by atoms with van der Waals surface area (Å²) < 4.78 is 0. The Morgan fingerprint density at radius 2 is 2.19 bits per heavy atom. The molecule has 2 atom stereocenters. The van der Waals surface area contributed by atoms with Crippen LogP contribution < -0.4 is 5.32 Å². The number of hydrogen-bond donors (Lipinski definition) is 1. The zero-order valence-electron chi connectivity index (χ0n) is 12.6. The van der Waals surface area contributed by atoms with E-state index in [4.69, 9.17) is 11.6 Å². The van der Waals surface area contributed by atoms with Gasteiger partial charge in [-0.1, -0.05) is 43.5 Å². The lowest BCUT2D eigenvalue weighted by molar-refractivity contribution is -0.121. The van der Waals surface area contributed by atoms with Gasteiger partial charge in [-0.3, -0.25) is 4.79 Å². The van der Waals surface area contributed by atoms with Crippen molar-refractivity contribution in [2.45, 2.75) is 50.8 Å². The lowest BCUT2D eigenvalue weighted by atomic mass is 9.86. The molecule has 116 valence electrons. The van der Waals surface area contributed by atoms with E-state index in [2.05, 4.69) is 18.3 Å². The Kier molecular flexibility index (Phi) is 6.91. The minimum absolute atomic E-state index is 0.201. The van der Waals surface area contributed by atoms with E-state index in [1.807, 2.05) is 18.2 Å². The molecule has 1 aliphatic carbocycles. The first-order valence-electron chi connectivity index (χ1n) is 7.76. The van der Waals surface area contributed by atoms with E-state index in [1.54, 1.807) is 11.8 Å². The van der Waals surface area contributed by atoms with Crippen molar-refractivity contribution < 1.29 is 4.79 Å². The van der Waals surface area contributed by atoms with E-state index in [-0.39, 0.29) is 5.91 Å². The molecule has 1 amide bonds. The van der Waals surface area contributed by atoms with E-state index in [0.29, 0.717) is 18.4 Å². The fourth-order valence-corrected chi connectivity index (χ4v) is 3.89. The van der Waals surface area contributed by atoms with Crippen LogP contribution >= 0.6 is 23.4 Å². The normalized spacial score (nSPS) is 22.0. The second kappa shape index (κ2) is 8.70. The second-order valence-corrected chi connectivity index (χ2v) is 7.41. The molecular weight excluding hydrogens is 302 g/mol. The summed E-state index contributed by atoms with van der Waals surface area (Å²) in [6.07, 6.45) is 5.55. The zero-order valence-corrected chi connectivity index (χ0v) is 14.2. The topological polar surface area (TPSA) is 29.1 Å². The zero-order chi connectivity index (χ0) is 15.1. The maximum Gasteiger partial charge on any atom is 0.221 e. The molecule has 0 saturated heterocycles. The second-order valence-electron chi connectivity index (χ2n) is 5.87. The van der Waals surface area contributed by atoms with Gasteiger partial charge >= 0.3 is 0 Å². The summed E-state index contributed by atoms with van der Waals surface area (Å²) in [5.74, 6) is 2.60. The van der Waals surface area contributed by atoms with Crippen molar-refractivity contribution in [2.75, 3.05) is 5.75 Å². The predicted octanol–water partition coefficient (Wildman–Crippen LogP) is 4.66. The van der Waals surface area contributed by atoms with Crippen LogP contribution in [0.3, 0.4) is 0 Å². The SMILES string of the molecule is C[C@@H]1CCCC[C@@H]1NC(=O)CCSCc1cccc(Cl)c1. The predicted molar refractivity (Wildman–Crippen MR) is 91.8 cm³/mol. The summed E-state index contributed by atoms with van der Waals surface area (Å²) in [5, 5.41) is 3.98. The molecule has 0 aliphatic heterocycles. The number of hydrogen-bond acceptors (Lipinski definition) is 2. The maximum atomic E-state index is 12.0. The van der Waals surface area contributed by atoms with E-state index >= 15 is 0 Å². The summed E-state index contributed by atoms with van der Waals surface area (Å²) in [7, 11) is 0. The molecule has 1 aromatic rings. The third-order valence-electron chi connectivity index (χ3n) is 4.09. The third-order valence-corrected chi connectivity index (χ3v) is 5.35. The molecule has 1 saturated carbocycles. The lowest BCUT2D eigenvalue weighted by Crippen LogP contribution is -2.41. The van der Waals surface area contributed by atoms with Crippen LogP contribution in [-0.2, 0) is 10.5 Å². The molecule has 0 unspecified atom stereocenters. The van der Waals surface area contributed by atoms with E-state index in [0.717, 1.165) is 22.9 Å². The van der Waals surface area contributed by atoms with Gasteiger partial charge in [-0.05, 0) is 36.5 Å². The number of carbonyl (C=O) groups is 1. The molecule has 0 heterocycles. The van der Waals surface area contributed by atoms with Crippen LogP contribution in [0.4, 0.5) is 0 Å². The maximum absolute atomic E-state index is 12.0. The molecule has 1 aromatic carbocycles. The highest BCUT2D eigenvalue weighted by molar-refractivity contribution is 7.98. The van der Waals surface area contributed by atoms with Gasteiger partial charge in [0.2, 0.25) is 5.91 Å². The van der Waals surface area contributed by atoms with Gasteiger partial charge in [0.25, 0.3) is 0 Å². The molecular formula is C17H24ClNOS. The number of rotatable bonds is 6. The van der Waals surface area contributed by atoms with Crippen molar-refractivity contribution in [1.82, 2.24) is 5.32 Å². The third kappa shape index (κ3) is 5.91. The van der Waals surface area contributed by atoms with Crippen LogP contribution in [0.2, 0.25) is 5.02 Å². The van der Waals surface area contributed by atoms with Crippen molar-refractivity contribution in [3.05, 3.63) is 34.9 Å². The van der Waals surface area contributed by atoms with Gasteiger partial charge in [0.05, 0.1) is 0 Å². The molecule has 2 rings (SSSR count). The van der Waals surface area contributed by atoms with Crippen molar-refractivity contribution >= 4 is 29.3 Å². The highest BCUT2D eigenvalue weighted by atomic mass is 35.5. The van der Waals surface area contributed by atoms with Crippen LogP contribution in [0.15, 0.2) is 24.3 Å². The Morgan fingerprint density at radius 3 is 2.95 bits per heavy atom. The monoisotopic (exact) mass is 325 g/mol. The van der Waals surface area contributed by atoms with Crippen LogP contribution in [0.5, 0.6) is 0 Å². The quantitative estimate of drug-likeness (QED) is 0.771. The van der Waals surface area contributed by atoms with E-state index in [1.165, 1.54) is 24.8 Å². The fourth-order valence-electron chi connectivity index (χ4n) is 2.79. The van der Waals surface area contributed by atoms with Crippen molar-refractivity contribution in [1.29, 1.82) is 0 Å². The molecule has 0 spiro atoms. The van der Waals surface area contributed by atoms with Gasteiger partial charge in [-0.15, -0.1) is 0 Å². The Morgan fingerprint density at radius 1 is 1.38 bits per heavy atom. The Hall–Kier alpha value is -0.670. The number of amides is 1. The van der Waals surface area contributed by atoms with E-state index in [9.17, 15) is 4.79 Å². The number of halogens is 1. The highest BCUT2D eigenvalue weighted by Crippen LogP contribution is 2.24. The minimum Gasteiger partial charge on any atom is -0.353 e. The van der Waals surface area contributed by atoms with Gasteiger partial charge in [0.1, 0.15) is 0 Å². The van der Waals surface area contributed by atoms with Crippen LogP contribution in [0.1, 0.15) is 44.6 Å². The minimum atomic E-state index is 0.201. The summed E-state index contributed by atoms with van der Waals surface area (Å²) in [6.45, 7) is 2.25. The standard InChI is InChI=1S/C17H24ClNOS/c1-13-5-2-3-8-16(13)19-17(20)9-10-21-12-14-6-4-7-15(18)11-14/h4,6-7,11,13,16H,2-3,5,8-10,12H2,1H3,(H,19,20)/t13-,16+/m1/s1.